The second kappa shape index (κ2) is 9.02. The molecule has 5 heteroatoms. The maximum absolute atomic E-state index is 13.9. The standard InChI is InChI=1S/C27H21F2NO2/c1-17-23(3-2-4-27(30)31)26-16-20(29)9-14-24(26)25(17)15-18-5-10-21(11-6-18)32-22-12-7-19(28)8-13-22/h2,4-16H,3H2,1H3,(H2,30,31)/b4-2+,25-15-. The van der Waals surface area contributed by atoms with Gasteiger partial charge in [0.15, 0.2) is 0 Å². The first-order valence-electron chi connectivity index (χ1n) is 10.1. The SMILES string of the molecule is CC1=C(C/C=C/C(N)=O)c2cc(F)ccc2/C1=C\c1ccc(Oc2ccc(F)cc2)cc1. The monoisotopic (exact) mass is 429 g/mol. The molecule has 0 radical (unpaired) electrons. The van der Waals surface area contributed by atoms with Crippen molar-refractivity contribution in [2.24, 2.45) is 5.73 Å². The predicted molar refractivity (Wildman–Crippen MR) is 123 cm³/mol. The van der Waals surface area contributed by atoms with Crippen LogP contribution in [0, 0.1) is 11.6 Å². The highest BCUT2D eigenvalue weighted by Gasteiger charge is 2.23. The molecule has 0 spiro atoms. The molecular formula is C27H21F2NO2. The van der Waals surface area contributed by atoms with Crippen LogP contribution in [0.1, 0.15) is 30.0 Å². The van der Waals surface area contributed by atoms with Gasteiger partial charge in [0.2, 0.25) is 5.91 Å². The van der Waals surface area contributed by atoms with Gasteiger partial charge in [0.1, 0.15) is 23.1 Å². The number of nitrogens with two attached hydrogens (primary N) is 1. The Morgan fingerprint density at radius 3 is 2.19 bits per heavy atom. The first kappa shape index (κ1) is 21.2. The van der Waals surface area contributed by atoms with E-state index in [1.807, 2.05) is 37.3 Å². The van der Waals surface area contributed by atoms with Crippen molar-refractivity contribution in [2.45, 2.75) is 13.3 Å². The molecule has 2 N–H and O–H groups in total. The summed E-state index contributed by atoms with van der Waals surface area (Å²) in [5.74, 6) is 0.0498. The Morgan fingerprint density at radius 2 is 1.53 bits per heavy atom. The lowest BCUT2D eigenvalue weighted by atomic mass is 10.0. The molecule has 0 heterocycles. The fourth-order valence-electron chi connectivity index (χ4n) is 3.75. The van der Waals surface area contributed by atoms with Crippen LogP contribution >= 0.6 is 0 Å². The third kappa shape index (κ3) is 4.67. The van der Waals surface area contributed by atoms with Gasteiger partial charge < -0.3 is 10.5 Å². The zero-order valence-electron chi connectivity index (χ0n) is 17.4. The quantitative estimate of drug-likeness (QED) is 0.454. The average molecular weight is 429 g/mol. The van der Waals surface area contributed by atoms with Crippen LogP contribution in [0.15, 0.2) is 84.5 Å². The van der Waals surface area contributed by atoms with Gasteiger partial charge in [-0.25, -0.2) is 8.78 Å². The fourth-order valence-corrected chi connectivity index (χ4v) is 3.75. The highest BCUT2D eigenvalue weighted by Crippen LogP contribution is 2.44. The molecule has 0 saturated heterocycles. The van der Waals surface area contributed by atoms with E-state index in [9.17, 15) is 13.6 Å². The summed E-state index contributed by atoms with van der Waals surface area (Å²) in [6, 6.07) is 18.1. The number of allylic oxidation sites excluding steroid dienone is 4. The fraction of sp³-hybridized carbons (Fsp3) is 0.0741. The molecule has 0 bridgehead atoms. The first-order chi connectivity index (χ1) is 15.4. The number of fused-ring (bicyclic) bond motifs is 1. The summed E-state index contributed by atoms with van der Waals surface area (Å²) >= 11 is 0. The molecule has 3 aromatic carbocycles. The number of amides is 1. The lowest BCUT2D eigenvalue weighted by Crippen LogP contribution is -2.05. The van der Waals surface area contributed by atoms with E-state index in [2.05, 4.69) is 0 Å². The van der Waals surface area contributed by atoms with Gasteiger partial charge in [-0.3, -0.25) is 4.79 Å². The van der Waals surface area contributed by atoms with E-state index in [0.29, 0.717) is 17.9 Å². The van der Waals surface area contributed by atoms with Crippen LogP contribution < -0.4 is 10.5 Å². The first-order valence-corrected chi connectivity index (χ1v) is 10.1. The third-order valence-corrected chi connectivity index (χ3v) is 5.30. The van der Waals surface area contributed by atoms with E-state index in [-0.39, 0.29) is 11.6 Å². The molecule has 32 heavy (non-hydrogen) atoms. The van der Waals surface area contributed by atoms with Gasteiger partial charge in [-0.1, -0.05) is 24.3 Å². The van der Waals surface area contributed by atoms with Crippen LogP contribution in [0.5, 0.6) is 11.5 Å². The molecule has 0 saturated carbocycles. The van der Waals surface area contributed by atoms with Crippen LogP contribution in [-0.4, -0.2) is 5.91 Å². The number of primary amides is 1. The van der Waals surface area contributed by atoms with Crippen LogP contribution in [0.3, 0.4) is 0 Å². The van der Waals surface area contributed by atoms with Gasteiger partial charge in [-0.05, 0) is 107 Å². The Hall–Kier alpha value is -3.99. The minimum Gasteiger partial charge on any atom is -0.457 e. The molecule has 0 atom stereocenters. The minimum atomic E-state index is -0.514. The van der Waals surface area contributed by atoms with E-state index < -0.39 is 5.91 Å². The van der Waals surface area contributed by atoms with E-state index in [1.54, 1.807) is 24.3 Å². The van der Waals surface area contributed by atoms with Crippen LogP contribution in [0.25, 0.3) is 17.2 Å². The van der Waals surface area contributed by atoms with Gasteiger partial charge in [0.25, 0.3) is 0 Å². The maximum atomic E-state index is 13.9. The molecule has 1 aliphatic rings. The maximum Gasteiger partial charge on any atom is 0.241 e. The second-order valence-electron chi connectivity index (χ2n) is 7.49. The number of ether oxygens (including phenoxy) is 1. The molecule has 3 aromatic rings. The zero-order valence-corrected chi connectivity index (χ0v) is 17.4. The number of carbonyl (C=O) groups is 1. The van der Waals surface area contributed by atoms with Gasteiger partial charge in [-0.15, -0.1) is 0 Å². The van der Waals surface area contributed by atoms with Crippen molar-refractivity contribution in [3.63, 3.8) is 0 Å². The number of hydrogen-bond donors (Lipinski definition) is 1. The van der Waals surface area contributed by atoms with Crippen LogP contribution in [0.4, 0.5) is 8.78 Å². The highest BCUT2D eigenvalue weighted by atomic mass is 19.1. The number of halogens is 2. The summed E-state index contributed by atoms with van der Waals surface area (Å²) < 4.78 is 32.7. The molecule has 0 unspecified atom stereocenters. The van der Waals surface area contributed by atoms with Crippen molar-refractivity contribution in [3.05, 3.63) is 113 Å². The smallest absolute Gasteiger partial charge is 0.241 e. The van der Waals surface area contributed by atoms with Gasteiger partial charge in [0, 0.05) is 0 Å². The minimum absolute atomic E-state index is 0.309. The summed E-state index contributed by atoms with van der Waals surface area (Å²) in [6.07, 6.45) is 5.53. The van der Waals surface area contributed by atoms with E-state index >= 15 is 0 Å². The average Bonchev–Trinajstić information content (AvgIpc) is 3.01. The Morgan fingerprint density at radius 1 is 0.906 bits per heavy atom. The summed E-state index contributed by atoms with van der Waals surface area (Å²) in [5.41, 5.74) is 10.9. The van der Waals surface area contributed by atoms with Crippen LogP contribution in [0.2, 0.25) is 0 Å². The lowest BCUT2D eigenvalue weighted by Gasteiger charge is -2.07. The van der Waals surface area contributed by atoms with E-state index in [1.165, 1.54) is 30.3 Å². The Bertz CT molecular complexity index is 1250. The number of rotatable bonds is 6. The summed E-state index contributed by atoms with van der Waals surface area (Å²) in [6.45, 7) is 1.99. The molecule has 4 rings (SSSR count). The van der Waals surface area contributed by atoms with Gasteiger partial charge in [0.05, 0.1) is 0 Å². The van der Waals surface area contributed by atoms with Crippen LogP contribution in [-0.2, 0) is 4.79 Å². The molecule has 3 nitrogen and oxygen atoms in total. The number of benzene rings is 3. The summed E-state index contributed by atoms with van der Waals surface area (Å²) in [4.78, 5) is 11.0. The van der Waals surface area contributed by atoms with Crippen molar-refractivity contribution in [3.8, 4) is 11.5 Å². The third-order valence-electron chi connectivity index (χ3n) is 5.30. The lowest BCUT2D eigenvalue weighted by molar-refractivity contribution is -0.113. The van der Waals surface area contributed by atoms with Crippen molar-refractivity contribution in [2.75, 3.05) is 0 Å². The summed E-state index contributed by atoms with van der Waals surface area (Å²) in [7, 11) is 0. The molecule has 1 aliphatic carbocycles. The van der Waals surface area contributed by atoms with Gasteiger partial charge in [-0.2, -0.15) is 0 Å². The second-order valence-corrected chi connectivity index (χ2v) is 7.49. The molecule has 160 valence electrons. The Labute approximate surface area is 185 Å². The Kier molecular flexibility index (Phi) is 5.99. The number of hydrogen-bond acceptors (Lipinski definition) is 2. The Balaban J connectivity index is 1.63. The highest BCUT2D eigenvalue weighted by molar-refractivity contribution is 6.05. The number of carbonyl (C=O) groups excluding carboxylic acids is 1. The molecule has 0 fully saturated rings. The zero-order chi connectivity index (χ0) is 22.7. The molecule has 0 aliphatic heterocycles. The molecule has 0 aromatic heterocycles. The van der Waals surface area contributed by atoms with E-state index in [0.717, 1.165) is 33.4 Å². The summed E-state index contributed by atoms with van der Waals surface area (Å²) in [5, 5.41) is 0. The van der Waals surface area contributed by atoms with E-state index in [4.69, 9.17) is 10.5 Å². The van der Waals surface area contributed by atoms with Crippen molar-refractivity contribution in [1.29, 1.82) is 0 Å². The molecule has 1 amide bonds. The topological polar surface area (TPSA) is 52.3 Å². The van der Waals surface area contributed by atoms with Gasteiger partial charge >= 0.3 is 0 Å². The normalized spacial score (nSPS) is 14.3. The molecular weight excluding hydrogens is 408 g/mol. The van der Waals surface area contributed by atoms with Crippen molar-refractivity contribution >= 4 is 23.1 Å². The predicted octanol–water partition coefficient (Wildman–Crippen LogP) is 6.52. The van der Waals surface area contributed by atoms with Crippen molar-refractivity contribution < 1.29 is 18.3 Å². The van der Waals surface area contributed by atoms with Crippen molar-refractivity contribution in [1.82, 2.24) is 0 Å². The largest absolute Gasteiger partial charge is 0.457 e.